The maximum absolute atomic E-state index is 12.6. The van der Waals surface area contributed by atoms with Gasteiger partial charge in [-0.05, 0) is 52.0 Å². The van der Waals surface area contributed by atoms with Crippen molar-refractivity contribution in [2.45, 2.75) is 27.7 Å². The standard InChI is InChI=1S/C26H28N4O8/c1-7-35-25(33)29(37-23(31)17(3)4)21-15-11-9-13-19(21)27-28-20-14-10-12-16-22(20)30(26(34)36-8-2)38-24(32)18(5)6/h9-16H,3,5,7-8H2,1-2,4,6H3. The van der Waals surface area contributed by atoms with Gasteiger partial charge in [-0.3, -0.25) is 0 Å². The molecule has 0 radical (unpaired) electrons. The number of ether oxygens (including phenoxy) is 2. The molecule has 2 rings (SSSR count). The van der Waals surface area contributed by atoms with Crippen molar-refractivity contribution in [3.05, 3.63) is 72.8 Å². The number of nitrogens with zero attached hydrogens (tertiary/aromatic N) is 4. The molecule has 0 bridgehead atoms. The van der Waals surface area contributed by atoms with E-state index < -0.39 is 24.1 Å². The lowest BCUT2D eigenvalue weighted by atomic mass is 10.2. The van der Waals surface area contributed by atoms with Crippen LogP contribution in [0.4, 0.5) is 32.3 Å². The summed E-state index contributed by atoms with van der Waals surface area (Å²) in [4.78, 5) is 59.9. The Kier molecular flexibility index (Phi) is 10.7. The molecule has 2 amide bonds. The van der Waals surface area contributed by atoms with Crippen LogP contribution in [0.3, 0.4) is 0 Å². The van der Waals surface area contributed by atoms with E-state index in [0.29, 0.717) is 10.1 Å². The molecule has 38 heavy (non-hydrogen) atoms. The number of rotatable bonds is 8. The Morgan fingerprint density at radius 2 is 1.03 bits per heavy atom. The zero-order valence-electron chi connectivity index (χ0n) is 21.5. The van der Waals surface area contributed by atoms with Gasteiger partial charge in [0.25, 0.3) is 0 Å². The summed E-state index contributed by atoms with van der Waals surface area (Å²) in [7, 11) is 0. The molecule has 0 spiro atoms. The lowest BCUT2D eigenvalue weighted by Crippen LogP contribution is -2.34. The number of anilines is 2. The number of hydrogen-bond acceptors (Lipinski definition) is 10. The van der Waals surface area contributed by atoms with Crippen molar-refractivity contribution >= 4 is 46.9 Å². The van der Waals surface area contributed by atoms with Crippen molar-refractivity contribution in [2.24, 2.45) is 10.2 Å². The van der Waals surface area contributed by atoms with E-state index in [4.69, 9.17) is 19.1 Å². The van der Waals surface area contributed by atoms with Crippen LogP contribution in [0.5, 0.6) is 0 Å². The number of hydroxylamine groups is 2. The second kappa shape index (κ2) is 13.9. The molecule has 0 atom stereocenters. The normalized spacial score (nSPS) is 10.3. The highest BCUT2D eigenvalue weighted by molar-refractivity contribution is 5.96. The summed E-state index contributed by atoms with van der Waals surface area (Å²) in [5.41, 5.74) is 0.389. The van der Waals surface area contributed by atoms with Gasteiger partial charge >= 0.3 is 24.1 Å². The molecule has 0 heterocycles. The van der Waals surface area contributed by atoms with Crippen LogP contribution in [0.15, 0.2) is 83.1 Å². The van der Waals surface area contributed by atoms with Gasteiger partial charge in [-0.25, -0.2) is 19.2 Å². The molecular weight excluding hydrogens is 496 g/mol. The van der Waals surface area contributed by atoms with Gasteiger partial charge in [0, 0.05) is 11.1 Å². The van der Waals surface area contributed by atoms with Crippen molar-refractivity contribution in [1.29, 1.82) is 0 Å². The van der Waals surface area contributed by atoms with Gasteiger partial charge in [0.15, 0.2) is 0 Å². The molecule has 0 N–H and O–H groups in total. The van der Waals surface area contributed by atoms with E-state index in [1.807, 2.05) is 0 Å². The lowest BCUT2D eigenvalue weighted by molar-refractivity contribution is -0.140. The molecule has 0 unspecified atom stereocenters. The minimum Gasteiger partial charge on any atom is -0.447 e. The highest BCUT2D eigenvalue weighted by atomic mass is 16.8. The van der Waals surface area contributed by atoms with Crippen molar-refractivity contribution in [1.82, 2.24) is 0 Å². The number of hydrogen-bond donors (Lipinski definition) is 0. The summed E-state index contributed by atoms with van der Waals surface area (Å²) in [6.07, 6.45) is -1.93. The van der Waals surface area contributed by atoms with Crippen LogP contribution >= 0.6 is 0 Å². The van der Waals surface area contributed by atoms with Gasteiger partial charge in [0.1, 0.15) is 22.7 Å². The Balaban J connectivity index is 2.54. The summed E-state index contributed by atoms with van der Waals surface area (Å²) in [5.74, 6) is -1.72. The van der Waals surface area contributed by atoms with Gasteiger partial charge in [0.05, 0.1) is 13.2 Å². The number of azo groups is 1. The predicted octanol–water partition coefficient (Wildman–Crippen LogP) is 6.10. The van der Waals surface area contributed by atoms with E-state index in [1.54, 1.807) is 38.1 Å². The summed E-state index contributed by atoms with van der Waals surface area (Å²) in [5, 5.41) is 9.64. The van der Waals surface area contributed by atoms with E-state index in [9.17, 15) is 19.2 Å². The fraction of sp³-hybridized carbons (Fsp3) is 0.231. The fourth-order valence-electron chi connectivity index (χ4n) is 2.60. The average Bonchev–Trinajstić information content (AvgIpc) is 2.89. The van der Waals surface area contributed by atoms with Crippen LogP contribution in [0.2, 0.25) is 0 Å². The summed E-state index contributed by atoms with van der Waals surface area (Å²) >= 11 is 0. The minimum absolute atomic E-state index is 0.0175. The van der Waals surface area contributed by atoms with E-state index >= 15 is 0 Å². The molecule has 0 aliphatic carbocycles. The van der Waals surface area contributed by atoms with Crippen molar-refractivity contribution < 1.29 is 38.3 Å². The van der Waals surface area contributed by atoms with Crippen molar-refractivity contribution in [3.8, 4) is 0 Å². The van der Waals surface area contributed by atoms with E-state index in [2.05, 4.69) is 23.4 Å². The van der Waals surface area contributed by atoms with Crippen LogP contribution in [0, 0.1) is 0 Å². The molecule has 0 aliphatic heterocycles. The summed E-state index contributed by atoms with van der Waals surface area (Å²) in [6, 6.07) is 12.3. The quantitative estimate of drug-likeness (QED) is 0.230. The van der Waals surface area contributed by atoms with Crippen LogP contribution < -0.4 is 10.1 Å². The molecular formula is C26H28N4O8. The van der Waals surface area contributed by atoms with Crippen LogP contribution in [0.25, 0.3) is 0 Å². The molecule has 0 saturated heterocycles. The largest absolute Gasteiger partial charge is 0.448 e. The summed E-state index contributed by atoms with van der Waals surface area (Å²) in [6.45, 7) is 13.1. The SMILES string of the molecule is C=C(C)C(=O)ON(C(=O)OCC)c1ccccc1N=Nc1ccccc1N(OC(=O)C(=C)C)C(=O)OCC. The van der Waals surface area contributed by atoms with E-state index in [1.165, 1.54) is 38.1 Å². The highest BCUT2D eigenvalue weighted by Crippen LogP contribution is 2.34. The van der Waals surface area contributed by atoms with E-state index in [0.717, 1.165) is 0 Å². The number of amides is 2. The zero-order chi connectivity index (χ0) is 28.2. The molecule has 0 fully saturated rings. The minimum atomic E-state index is -0.967. The maximum atomic E-state index is 12.6. The first kappa shape index (κ1) is 29.2. The molecule has 2 aromatic rings. The van der Waals surface area contributed by atoms with Crippen molar-refractivity contribution in [3.63, 3.8) is 0 Å². The number of carbonyl (C=O) groups excluding carboxylic acids is 4. The van der Waals surface area contributed by atoms with Crippen molar-refractivity contribution in [2.75, 3.05) is 23.3 Å². The van der Waals surface area contributed by atoms with Crippen LogP contribution in [-0.4, -0.2) is 37.3 Å². The molecule has 12 heteroatoms. The maximum Gasteiger partial charge on any atom is 0.448 e. The van der Waals surface area contributed by atoms with Crippen LogP contribution in [-0.2, 0) is 28.7 Å². The smallest absolute Gasteiger partial charge is 0.447 e. The summed E-state index contributed by atoms with van der Waals surface area (Å²) < 4.78 is 10.0. The predicted molar refractivity (Wildman–Crippen MR) is 138 cm³/mol. The number of benzene rings is 2. The Labute approximate surface area is 219 Å². The number of carbonyl (C=O) groups is 4. The van der Waals surface area contributed by atoms with Gasteiger partial charge in [-0.2, -0.15) is 0 Å². The topological polar surface area (TPSA) is 136 Å². The third-order valence-electron chi connectivity index (χ3n) is 4.38. The molecule has 200 valence electrons. The highest BCUT2D eigenvalue weighted by Gasteiger charge is 2.27. The fourth-order valence-corrected chi connectivity index (χ4v) is 2.60. The molecule has 0 aromatic heterocycles. The number of para-hydroxylation sites is 2. The van der Waals surface area contributed by atoms with Gasteiger partial charge in [-0.1, -0.05) is 37.4 Å². The van der Waals surface area contributed by atoms with Gasteiger partial charge < -0.3 is 19.1 Å². The first-order chi connectivity index (χ1) is 18.1. The van der Waals surface area contributed by atoms with Gasteiger partial charge in [-0.15, -0.1) is 20.4 Å². The first-order valence-corrected chi connectivity index (χ1v) is 11.4. The van der Waals surface area contributed by atoms with Gasteiger partial charge in [0.2, 0.25) is 0 Å². The molecule has 2 aromatic carbocycles. The Morgan fingerprint density at radius 1 is 0.684 bits per heavy atom. The second-order valence-corrected chi connectivity index (χ2v) is 7.48. The third-order valence-corrected chi connectivity index (χ3v) is 4.38. The van der Waals surface area contributed by atoms with Crippen LogP contribution in [0.1, 0.15) is 27.7 Å². The van der Waals surface area contributed by atoms with E-state index in [-0.39, 0.29) is 47.1 Å². The molecule has 12 nitrogen and oxygen atoms in total. The Bertz CT molecular complexity index is 1160. The third kappa shape index (κ3) is 7.75. The molecule has 0 aliphatic rings. The average molecular weight is 525 g/mol. The Morgan fingerprint density at radius 3 is 1.34 bits per heavy atom. The zero-order valence-corrected chi connectivity index (χ0v) is 21.5. The first-order valence-electron chi connectivity index (χ1n) is 11.4. The molecule has 0 saturated carbocycles. The lowest BCUT2D eigenvalue weighted by Gasteiger charge is -2.22. The second-order valence-electron chi connectivity index (χ2n) is 7.48. The Hall–Kier alpha value is -5.00. The monoisotopic (exact) mass is 524 g/mol.